The van der Waals surface area contributed by atoms with Gasteiger partial charge in [-0.25, -0.2) is 0 Å². The molecule has 0 aliphatic carbocycles. The zero-order chi connectivity index (χ0) is 15.3. The molecular weight excluding hydrogens is 260 g/mol. The van der Waals surface area contributed by atoms with Gasteiger partial charge in [0.15, 0.2) is 0 Å². The molecule has 0 atom stereocenters. The second-order valence-electron chi connectivity index (χ2n) is 6.36. The molecule has 0 amide bonds. The Hall–Kier alpha value is -1.87. The van der Waals surface area contributed by atoms with E-state index in [1.165, 1.54) is 11.1 Å². The number of nitrogens with one attached hydrogen (secondary N) is 1. The highest BCUT2D eigenvalue weighted by Crippen LogP contribution is 2.13. The van der Waals surface area contributed by atoms with E-state index in [4.69, 9.17) is 4.74 Å². The Labute approximate surface area is 127 Å². The van der Waals surface area contributed by atoms with Gasteiger partial charge in [-0.3, -0.25) is 4.98 Å². The molecule has 112 valence electrons. The molecule has 1 aromatic carbocycles. The molecule has 0 unspecified atom stereocenters. The molecule has 0 aliphatic rings. The molecule has 0 spiro atoms. The minimum absolute atomic E-state index is 0.118. The number of ether oxygens (including phenoxy) is 1. The van der Waals surface area contributed by atoms with Gasteiger partial charge in [-0.05, 0) is 51.5 Å². The zero-order valence-electron chi connectivity index (χ0n) is 13.3. The number of benzene rings is 1. The summed E-state index contributed by atoms with van der Waals surface area (Å²) in [6.07, 6.45) is 1.91. The van der Waals surface area contributed by atoms with Crippen molar-refractivity contribution in [3.05, 3.63) is 59.4 Å². The van der Waals surface area contributed by atoms with E-state index in [1.807, 2.05) is 36.5 Å². The van der Waals surface area contributed by atoms with Crippen molar-refractivity contribution < 1.29 is 4.74 Å². The Balaban J connectivity index is 1.86. The van der Waals surface area contributed by atoms with Gasteiger partial charge in [0, 0.05) is 18.3 Å². The fraction of sp³-hybridized carbons (Fsp3) is 0.389. The number of pyridine rings is 1. The monoisotopic (exact) mass is 284 g/mol. The summed E-state index contributed by atoms with van der Waals surface area (Å²) in [5.41, 5.74) is 3.48. The quantitative estimate of drug-likeness (QED) is 0.905. The van der Waals surface area contributed by atoms with Gasteiger partial charge in [0.05, 0.1) is 5.69 Å². The first kappa shape index (κ1) is 15.5. The number of hydrogen-bond donors (Lipinski definition) is 1. The molecule has 0 bridgehead atoms. The van der Waals surface area contributed by atoms with Gasteiger partial charge in [-0.1, -0.05) is 23.8 Å². The van der Waals surface area contributed by atoms with Crippen molar-refractivity contribution in [1.29, 1.82) is 0 Å². The number of rotatable bonds is 5. The van der Waals surface area contributed by atoms with Crippen LogP contribution in [0.5, 0.6) is 5.75 Å². The van der Waals surface area contributed by atoms with Crippen molar-refractivity contribution in [2.24, 2.45) is 0 Å². The summed E-state index contributed by atoms with van der Waals surface area (Å²) < 4.78 is 5.72. The average Bonchev–Trinajstić information content (AvgIpc) is 2.45. The molecule has 1 heterocycles. The molecule has 3 nitrogen and oxygen atoms in total. The van der Waals surface area contributed by atoms with E-state index in [0.29, 0.717) is 6.61 Å². The van der Waals surface area contributed by atoms with Crippen LogP contribution in [0.15, 0.2) is 42.6 Å². The van der Waals surface area contributed by atoms with Gasteiger partial charge >= 0.3 is 0 Å². The topological polar surface area (TPSA) is 34.1 Å². The van der Waals surface area contributed by atoms with Crippen LogP contribution in [0.3, 0.4) is 0 Å². The van der Waals surface area contributed by atoms with Gasteiger partial charge in [0.1, 0.15) is 12.4 Å². The van der Waals surface area contributed by atoms with Crippen LogP contribution in [0, 0.1) is 6.92 Å². The van der Waals surface area contributed by atoms with Crippen molar-refractivity contribution in [2.75, 3.05) is 0 Å². The number of aryl methyl sites for hydroxylation is 1. The van der Waals surface area contributed by atoms with E-state index in [0.717, 1.165) is 18.0 Å². The molecule has 3 heteroatoms. The van der Waals surface area contributed by atoms with E-state index in [-0.39, 0.29) is 5.54 Å². The summed E-state index contributed by atoms with van der Waals surface area (Å²) in [5.74, 6) is 0.876. The maximum absolute atomic E-state index is 5.72. The van der Waals surface area contributed by atoms with Crippen molar-refractivity contribution in [3.8, 4) is 5.75 Å². The minimum Gasteiger partial charge on any atom is -0.487 e. The van der Waals surface area contributed by atoms with Gasteiger partial charge in [-0.15, -0.1) is 0 Å². The maximum Gasteiger partial charge on any atom is 0.130 e. The van der Waals surface area contributed by atoms with Gasteiger partial charge in [-0.2, -0.15) is 0 Å². The van der Waals surface area contributed by atoms with Crippen LogP contribution in [-0.4, -0.2) is 10.5 Å². The molecule has 0 saturated carbocycles. The summed E-state index contributed by atoms with van der Waals surface area (Å²) in [6.45, 7) is 9.86. The normalized spacial score (nSPS) is 11.4. The second kappa shape index (κ2) is 6.72. The van der Waals surface area contributed by atoms with Gasteiger partial charge < -0.3 is 10.1 Å². The molecule has 1 aromatic heterocycles. The van der Waals surface area contributed by atoms with Gasteiger partial charge in [0.25, 0.3) is 0 Å². The molecule has 0 fully saturated rings. The Morgan fingerprint density at radius 3 is 2.33 bits per heavy atom. The number of nitrogens with zero attached hydrogens (tertiary/aromatic N) is 1. The first-order valence-corrected chi connectivity index (χ1v) is 7.31. The molecular formula is C18H24N2O. The summed E-state index contributed by atoms with van der Waals surface area (Å²) >= 11 is 0. The van der Waals surface area contributed by atoms with Crippen LogP contribution in [-0.2, 0) is 13.2 Å². The van der Waals surface area contributed by atoms with Crippen LogP contribution in [0.2, 0.25) is 0 Å². The smallest absolute Gasteiger partial charge is 0.130 e. The van der Waals surface area contributed by atoms with Crippen molar-refractivity contribution in [2.45, 2.75) is 46.4 Å². The van der Waals surface area contributed by atoms with E-state index in [1.54, 1.807) is 0 Å². The summed E-state index contributed by atoms with van der Waals surface area (Å²) in [7, 11) is 0. The van der Waals surface area contributed by atoms with Crippen LogP contribution >= 0.6 is 0 Å². The Morgan fingerprint density at radius 1 is 1.05 bits per heavy atom. The minimum atomic E-state index is 0.118. The molecule has 2 rings (SSSR count). The van der Waals surface area contributed by atoms with E-state index in [9.17, 15) is 0 Å². The SMILES string of the molecule is Cc1ccc(OCc2ccc(CNC(C)(C)C)cn2)cc1. The van der Waals surface area contributed by atoms with E-state index in [2.05, 4.69) is 44.1 Å². The first-order chi connectivity index (χ1) is 9.92. The third-order valence-electron chi connectivity index (χ3n) is 3.12. The predicted molar refractivity (Wildman–Crippen MR) is 86.3 cm³/mol. The third kappa shape index (κ3) is 5.56. The van der Waals surface area contributed by atoms with Gasteiger partial charge in [0.2, 0.25) is 0 Å². The van der Waals surface area contributed by atoms with E-state index >= 15 is 0 Å². The first-order valence-electron chi connectivity index (χ1n) is 7.31. The molecule has 0 saturated heterocycles. The van der Waals surface area contributed by atoms with Crippen LogP contribution < -0.4 is 10.1 Å². The average molecular weight is 284 g/mol. The van der Waals surface area contributed by atoms with Crippen molar-refractivity contribution in [3.63, 3.8) is 0 Å². The third-order valence-corrected chi connectivity index (χ3v) is 3.12. The highest BCUT2D eigenvalue weighted by atomic mass is 16.5. The molecule has 1 N–H and O–H groups in total. The van der Waals surface area contributed by atoms with Crippen LogP contribution in [0.1, 0.15) is 37.6 Å². The molecule has 2 aromatic rings. The van der Waals surface area contributed by atoms with E-state index < -0.39 is 0 Å². The number of aromatic nitrogens is 1. The summed E-state index contributed by atoms with van der Waals surface area (Å²) in [4.78, 5) is 4.45. The fourth-order valence-electron chi connectivity index (χ4n) is 1.80. The Kier molecular flexibility index (Phi) is 4.97. The predicted octanol–water partition coefficient (Wildman–Crippen LogP) is 3.86. The maximum atomic E-state index is 5.72. The van der Waals surface area contributed by atoms with Crippen molar-refractivity contribution >= 4 is 0 Å². The largest absolute Gasteiger partial charge is 0.487 e. The Morgan fingerprint density at radius 2 is 1.76 bits per heavy atom. The fourth-order valence-corrected chi connectivity index (χ4v) is 1.80. The lowest BCUT2D eigenvalue weighted by Crippen LogP contribution is -2.35. The van der Waals surface area contributed by atoms with Crippen LogP contribution in [0.4, 0.5) is 0 Å². The lowest BCUT2D eigenvalue weighted by atomic mass is 10.1. The standard InChI is InChI=1S/C18H24N2O/c1-14-5-9-17(10-6-14)21-13-16-8-7-15(11-19-16)12-20-18(2,3)4/h5-11,20H,12-13H2,1-4H3. The summed E-state index contributed by atoms with van der Waals surface area (Å²) in [6, 6.07) is 12.2. The zero-order valence-corrected chi connectivity index (χ0v) is 13.3. The lowest BCUT2D eigenvalue weighted by Gasteiger charge is -2.20. The highest BCUT2D eigenvalue weighted by molar-refractivity contribution is 5.26. The molecule has 21 heavy (non-hydrogen) atoms. The van der Waals surface area contributed by atoms with Crippen LogP contribution in [0.25, 0.3) is 0 Å². The van der Waals surface area contributed by atoms with Crippen molar-refractivity contribution in [1.82, 2.24) is 10.3 Å². The number of hydrogen-bond acceptors (Lipinski definition) is 3. The summed E-state index contributed by atoms with van der Waals surface area (Å²) in [5, 5.41) is 3.45. The second-order valence-corrected chi connectivity index (χ2v) is 6.36. The lowest BCUT2D eigenvalue weighted by molar-refractivity contribution is 0.301. The molecule has 0 radical (unpaired) electrons. The Bertz CT molecular complexity index is 553. The highest BCUT2D eigenvalue weighted by Gasteiger charge is 2.08. The molecule has 0 aliphatic heterocycles.